The van der Waals surface area contributed by atoms with E-state index in [0.717, 1.165) is 37.9 Å². The molecule has 27 heavy (non-hydrogen) atoms. The maximum Gasteiger partial charge on any atom is 0.227 e. The monoisotopic (exact) mass is 367 g/mol. The summed E-state index contributed by atoms with van der Waals surface area (Å²) >= 11 is 0. The number of nitrogens with zero attached hydrogens (tertiary/aromatic N) is 2. The van der Waals surface area contributed by atoms with E-state index in [-0.39, 0.29) is 17.7 Å². The third-order valence-corrected chi connectivity index (χ3v) is 6.06. The number of hydrogen-bond acceptors (Lipinski definition) is 2. The Bertz CT molecular complexity index is 833. The second-order valence-corrected chi connectivity index (χ2v) is 8.09. The Kier molecular flexibility index (Phi) is 5.19. The van der Waals surface area contributed by atoms with Crippen molar-refractivity contribution in [3.8, 4) is 0 Å². The summed E-state index contributed by atoms with van der Waals surface area (Å²) in [6, 6.07) is 6.40. The van der Waals surface area contributed by atoms with Crippen LogP contribution in [0, 0.1) is 12.8 Å². The summed E-state index contributed by atoms with van der Waals surface area (Å²) < 4.78 is 0. The highest BCUT2D eigenvalue weighted by atomic mass is 16.2. The number of carbonyl (C=O) groups excluding carboxylic acids is 2. The van der Waals surface area contributed by atoms with Crippen LogP contribution in [-0.4, -0.2) is 52.8 Å². The minimum atomic E-state index is -0.152. The molecule has 2 amide bonds. The van der Waals surface area contributed by atoms with Crippen molar-refractivity contribution in [1.29, 1.82) is 0 Å². The Labute approximate surface area is 160 Å². The molecule has 2 aliphatic rings. The van der Waals surface area contributed by atoms with Crippen molar-refractivity contribution < 1.29 is 9.59 Å². The first-order chi connectivity index (χ1) is 13.1. The van der Waals surface area contributed by atoms with Crippen LogP contribution in [0.15, 0.2) is 24.4 Å². The lowest BCUT2D eigenvalue weighted by Crippen LogP contribution is -2.38. The minimum Gasteiger partial charge on any atom is -0.361 e. The largest absolute Gasteiger partial charge is 0.361 e. The van der Waals surface area contributed by atoms with Crippen molar-refractivity contribution in [2.75, 3.05) is 26.2 Å². The van der Waals surface area contributed by atoms with E-state index in [1.807, 2.05) is 16.0 Å². The standard InChI is InChI=1S/C22H29N3O2/c1-16-6-7-20-19(12-16)17(14-23-20)8-11-25-15-18(13-21(25)26)22(27)24-9-4-2-3-5-10-24/h6-7,12,14,18,23H,2-5,8-11,13,15H2,1H3. The Morgan fingerprint density at radius 2 is 1.96 bits per heavy atom. The molecule has 2 saturated heterocycles. The highest BCUT2D eigenvalue weighted by Gasteiger charge is 2.36. The lowest BCUT2D eigenvalue weighted by molar-refractivity contribution is -0.135. The lowest BCUT2D eigenvalue weighted by atomic mass is 10.1. The fourth-order valence-corrected chi connectivity index (χ4v) is 4.46. The molecule has 0 radical (unpaired) electrons. The number of rotatable bonds is 4. The SMILES string of the molecule is Cc1ccc2[nH]cc(CCN3CC(C(=O)N4CCCCCC4)CC3=O)c2c1. The molecule has 2 fully saturated rings. The maximum atomic E-state index is 12.8. The number of aromatic amines is 1. The van der Waals surface area contributed by atoms with Gasteiger partial charge in [-0.1, -0.05) is 24.5 Å². The zero-order valence-electron chi connectivity index (χ0n) is 16.2. The van der Waals surface area contributed by atoms with Gasteiger partial charge in [-0.2, -0.15) is 0 Å². The number of nitrogens with one attached hydrogen (secondary N) is 1. The number of benzene rings is 1. The highest BCUT2D eigenvalue weighted by molar-refractivity contribution is 5.89. The molecule has 5 nitrogen and oxygen atoms in total. The van der Waals surface area contributed by atoms with E-state index >= 15 is 0 Å². The van der Waals surface area contributed by atoms with E-state index in [0.29, 0.717) is 19.5 Å². The zero-order chi connectivity index (χ0) is 18.8. The van der Waals surface area contributed by atoms with Gasteiger partial charge in [0.2, 0.25) is 11.8 Å². The second kappa shape index (κ2) is 7.75. The van der Waals surface area contributed by atoms with Gasteiger partial charge in [0.15, 0.2) is 0 Å². The number of H-pyrrole nitrogens is 1. The molecule has 0 aliphatic carbocycles. The highest BCUT2D eigenvalue weighted by Crippen LogP contribution is 2.24. The molecule has 5 heteroatoms. The summed E-state index contributed by atoms with van der Waals surface area (Å²) in [6.45, 7) is 5.08. The van der Waals surface area contributed by atoms with Gasteiger partial charge in [0.05, 0.1) is 5.92 Å². The van der Waals surface area contributed by atoms with Crippen molar-refractivity contribution in [1.82, 2.24) is 14.8 Å². The minimum absolute atomic E-state index is 0.124. The lowest BCUT2D eigenvalue weighted by Gasteiger charge is -2.24. The third-order valence-electron chi connectivity index (χ3n) is 6.06. The van der Waals surface area contributed by atoms with E-state index in [1.165, 1.54) is 29.4 Å². The molecular weight excluding hydrogens is 338 g/mol. The molecule has 1 N–H and O–H groups in total. The summed E-state index contributed by atoms with van der Waals surface area (Å²) in [7, 11) is 0. The summed E-state index contributed by atoms with van der Waals surface area (Å²) in [5, 5.41) is 1.24. The fourth-order valence-electron chi connectivity index (χ4n) is 4.46. The molecule has 0 saturated carbocycles. The van der Waals surface area contributed by atoms with Crippen LogP contribution >= 0.6 is 0 Å². The van der Waals surface area contributed by atoms with E-state index in [4.69, 9.17) is 0 Å². The summed E-state index contributed by atoms with van der Waals surface area (Å²) in [5.41, 5.74) is 3.62. The molecule has 0 spiro atoms. The van der Waals surface area contributed by atoms with E-state index < -0.39 is 0 Å². The third kappa shape index (κ3) is 3.87. The van der Waals surface area contributed by atoms with Crippen molar-refractivity contribution in [3.63, 3.8) is 0 Å². The summed E-state index contributed by atoms with van der Waals surface area (Å²) in [5.74, 6) is 0.162. The number of amides is 2. The Morgan fingerprint density at radius 1 is 1.19 bits per heavy atom. The Balaban J connectivity index is 1.37. The summed E-state index contributed by atoms with van der Waals surface area (Å²) in [4.78, 5) is 32.5. The number of hydrogen-bond donors (Lipinski definition) is 1. The van der Waals surface area contributed by atoms with Gasteiger partial charge < -0.3 is 14.8 Å². The average Bonchev–Trinajstić information content (AvgIpc) is 3.11. The molecule has 3 heterocycles. The van der Waals surface area contributed by atoms with Gasteiger partial charge >= 0.3 is 0 Å². The number of likely N-dealkylation sites (tertiary alicyclic amines) is 2. The molecule has 1 aromatic carbocycles. The number of fused-ring (bicyclic) bond motifs is 1. The number of aromatic nitrogens is 1. The van der Waals surface area contributed by atoms with Gasteiger partial charge in [0.1, 0.15) is 0 Å². The van der Waals surface area contributed by atoms with Crippen molar-refractivity contribution in [2.45, 2.75) is 45.4 Å². The first kappa shape index (κ1) is 18.1. The summed E-state index contributed by atoms with van der Waals surface area (Å²) in [6.07, 6.45) is 7.85. The predicted molar refractivity (Wildman–Crippen MR) is 106 cm³/mol. The van der Waals surface area contributed by atoms with Crippen LogP contribution in [0.4, 0.5) is 0 Å². The van der Waals surface area contributed by atoms with E-state index in [1.54, 1.807) is 0 Å². The normalized spacial score (nSPS) is 21.1. The van der Waals surface area contributed by atoms with Crippen LogP contribution < -0.4 is 0 Å². The molecule has 0 bridgehead atoms. The van der Waals surface area contributed by atoms with Crippen LogP contribution in [0.25, 0.3) is 10.9 Å². The average molecular weight is 367 g/mol. The van der Waals surface area contributed by atoms with Crippen molar-refractivity contribution >= 4 is 22.7 Å². The molecule has 1 atom stereocenters. The van der Waals surface area contributed by atoms with Gasteiger partial charge in [0.25, 0.3) is 0 Å². The van der Waals surface area contributed by atoms with Gasteiger partial charge in [-0.15, -0.1) is 0 Å². The molecule has 2 aliphatic heterocycles. The number of aryl methyl sites for hydroxylation is 1. The fraction of sp³-hybridized carbons (Fsp3) is 0.545. The predicted octanol–water partition coefficient (Wildman–Crippen LogP) is 3.27. The molecule has 1 aromatic heterocycles. The Morgan fingerprint density at radius 3 is 2.74 bits per heavy atom. The van der Waals surface area contributed by atoms with E-state index in [9.17, 15) is 9.59 Å². The van der Waals surface area contributed by atoms with Gasteiger partial charge in [-0.25, -0.2) is 0 Å². The maximum absolute atomic E-state index is 12.8. The second-order valence-electron chi connectivity index (χ2n) is 8.09. The Hall–Kier alpha value is -2.30. The molecule has 144 valence electrons. The van der Waals surface area contributed by atoms with Gasteiger partial charge in [-0.05, 0) is 43.9 Å². The van der Waals surface area contributed by atoms with E-state index in [2.05, 4.69) is 30.1 Å². The molecule has 1 unspecified atom stereocenters. The quantitative estimate of drug-likeness (QED) is 0.902. The van der Waals surface area contributed by atoms with Crippen LogP contribution in [0.1, 0.15) is 43.2 Å². The number of carbonyl (C=O) groups is 2. The van der Waals surface area contributed by atoms with Crippen LogP contribution in [-0.2, 0) is 16.0 Å². The zero-order valence-corrected chi connectivity index (χ0v) is 16.2. The van der Waals surface area contributed by atoms with Crippen LogP contribution in [0.3, 0.4) is 0 Å². The molecular formula is C22H29N3O2. The molecule has 2 aromatic rings. The smallest absolute Gasteiger partial charge is 0.227 e. The van der Waals surface area contributed by atoms with Crippen molar-refractivity contribution in [3.05, 3.63) is 35.5 Å². The first-order valence-corrected chi connectivity index (χ1v) is 10.2. The first-order valence-electron chi connectivity index (χ1n) is 10.2. The van der Waals surface area contributed by atoms with Crippen LogP contribution in [0.2, 0.25) is 0 Å². The van der Waals surface area contributed by atoms with Crippen LogP contribution in [0.5, 0.6) is 0 Å². The van der Waals surface area contributed by atoms with Gasteiger partial charge in [-0.3, -0.25) is 9.59 Å². The van der Waals surface area contributed by atoms with Gasteiger partial charge in [0, 0.05) is 49.7 Å². The molecule has 4 rings (SSSR count). The topological polar surface area (TPSA) is 56.4 Å². The van der Waals surface area contributed by atoms with Crippen molar-refractivity contribution in [2.24, 2.45) is 5.92 Å².